The first-order valence-electron chi connectivity index (χ1n) is 7.46. The van der Waals surface area contributed by atoms with Crippen molar-refractivity contribution in [2.24, 2.45) is 0 Å². The molecule has 4 heteroatoms. The highest BCUT2D eigenvalue weighted by atomic mass is 19.1. The van der Waals surface area contributed by atoms with E-state index >= 15 is 0 Å². The smallest absolute Gasteiger partial charge is 0.123 e. The van der Waals surface area contributed by atoms with Gasteiger partial charge in [-0.2, -0.15) is 0 Å². The minimum Gasteiger partial charge on any atom is -0.388 e. The summed E-state index contributed by atoms with van der Waals surface area (Å²) in [4.78, 5) is 2.33. The van der Waals surface area contributed by atoms with E-state index in [1.54, 1.807) is 12.1 Å². The quantitative estimate of drug-likeness (QED) is 0.870. The van der Waals surface area contributed by atoms with E-state index in [2.05, 4.69) is 4.90 Å². The molecule has 2 atom stereocenters. The third-order valence-corrected chi connectivity index (χ3v) is 3.82. The molecule has 112 valence electrons. The number of aliphatic hydroxyl groups excluding tert-OH is 1. The van der Waals surface area contributed by atoms with Crippen LogP contribution in [0.15, 0.2) is 24.3 Å². The van der Waals surface area contributed by atoms with E-state index in [-0.39, 0.29) is 5.82 Å². The van der Waals surface area contributed by atoms with E-state index in [0.29, 0.717) is 18.1 Å². The number of ether oxygens (including phenoxy) is 1. The van der Waals surface area contributed by atoms with Crippen molar-refractivity contribution in [2.45, 2.75) is 38.4 Å². The number of likely N-dealkylation sites (tertiary alicyclic amines) is 1. The van der Waals surface area contributed by atoms with Gasteiger partial charge in [-0.1, -0.05) is 12.1 Å². The molecule has 1 fully saturated rings. The predicted octanol–water partition coefficient (Wildman–Crippen LogP) is 2.75. The van der Waals surface area contributed by atoms with Gasteiger partial charge < -0.3 is 14.7 Å². The third-order valence-electron chi connectivity index (χ3n) is 3.82. The summed E-state index contributed by atoms with van der Waals surface area (Å²) in [5.41, 5.74) is 0.656. The molecule has 1 aromatic rings. The summed E-state index contributed by atoms with van der Waals surface area (Å²) in [5.74, 6) is -0.295. The zero-order valence-electron chi connectivity index (χ0n) is 12.1. The highest BCUT2D eigenvalue weighted by Gasteiger charge is 2.20. The first-order valence-corrected chi connectivity index (χ1v) is 7.46. The molecule has 1 aliphatic heterocycles. The Bertz CT molecular complexity index is 411. The molecule has 2 rings (SSSR count). The molecule has 0 spiro atoms. The molecule has 1 aromatic carbocycles. The molecule has 1 aliphatic rings. The average Bonchev–Trinajstić information content (AvgIpc) is 2.45. The lowest BCUT2D eigenvalue weighted by atomic mass is 10.0. The summed E-state index contributed by atoms with van der Waals surface area (Å²) < 4.78 is 18.8. The monoisotopic (exact) mass is 281 g/mol. The molecular weight excluding hydrogens is 257 g/mol. The van der Waals surface area contributed by atoms with Crippen molar-refractivity contribution in [1.29, 1.82) is 0 Å². The number of aliphatic hydroxyl groups is 1. The van der Waals surface area contributed by atoms with Crippen LogP contribution in [0.3, 0.4) is 0 Å². The molecule has 0 radical (unpaired) electrons. The van der Waals surface area contributed by atoms with E-state index in [9.17, 15) is 9.50 Å². The molecule has 0 aliphatic carbocycles. The Morgan fingerprint density at radius 3 is 3.10 bits per heavy atom. The van der Waals surface area contributed by atoms with Gasteiger partial charge in [0.25, 0.3) is 0 Å². The zero-order chi connectivity index (χ0) is 14.4. The third kappa shape index (κ3) is 4.54. The van der Waals surface area contributed by atoms with E-state index in [1.165, 1.54) is 12.1 Å². The van der Waals surface area contributed by atoms with E-state index in [1.807, 2.05) is 6.92 Å². The summed E-state index contributed by atoms with van der Waals surface area (Å²) in [7, 11) is 0. The molecule has 3 nitrogen and oxygen atoms in total. The Morgan fingerprint density at radius 1 is 1.50 bits per heavy atom. The van der Waals surface area contributed by atoms with Crippen molar-refractivity contribution in [3.8, 4) is 0 Å². The van der Waals surface area contributed by atoms with E-state index in [0.717, 1.165) is 39.1 Å². The zero-order valence-corrected chi connectivity index (χ0v) is 12.1. The summed E-state index contributed by atoms with van der Waals surface area (Å²) >= 11 is 0. The second-order valence-electron chi connectivity index (χ2n) is 5.38. The van der Waals surface area contributed by atoms with Crippen LogP contribution in [0.2, 0.25) is 0 Å². The number of rotatable bonds is 6. The molecule has 0 amide bonds. The van der Waals surface area contributed by atoms with Crippen LogP contribution in [0.1, 0.15) is 37.9 Å². The fourth-order valence-corrected chi connectivity index (χ4v) is 2.77. The van der Waals surface area contributed by atoms with Gasteiger partial charge in [-0.25, -0.2) is 4.39 Å². The molecule has 20 heavy (non-hydrogen) atoms. The van der Waals surface area contributed by atoms with Gasteiger partial charge in [-0.05, 0) is 50.4 Å². The van der Waals surface area contributed by atoms with Crippen molar-refractivity contribution < 1.29 is 14.2 Å². The second-order valence-corrected chi connectivity index (χ2v) is 5.38. The first-order chi connectivity index (χ1) is 9.69. The fraction of sp³-hybridized carbons (Fsp3) is 0.625. The summed E-state index contributed by atoms with van der Waals surface area (Å²) in [5, 5.41) is 10.1. The van der Waals surface area contributed by atoms with Crippen molar-refractivity contribution in [3.05, 3.63) is 35.6 Å². The second kappa shape index (κ2) is 7.72. The lowest BCUT2D eigenvalue weighted by Crippen LogP contribution is -2.40. The SMILES string of the molecule is CCOC1CCCN(CCC(O)c2cccc(F)c2)C1. The van der Waals surface area contributed by atoms with Crippen LogP contribution >= 0.6 is 0 Å². The van der Waals surface area contributed by atoms with Gasteiger partial charge in [-0.15, -0.1) is 0 Å². The van der Waals surface area contributed by atoms with Gasteiger partial charge >= 0.3 is 0 Å². The molecule has 1 saturated heterocycles. The van der Waals surface area contributed by atoms with Crippen LogP contribution < -0.4 is 0 Å². The molecular formula is C16H24FNO2. The molecule has 0 saturated carbocycles. The number of piperidine rings is 1. The molecule has 0 bridgehead atoms. The van der Waals surface area contributed by atoms with Crippen molar-refractivity contribution in [3.63, 3.8) is 0 Å². The lowest BCUT2D eigenvalue weighted by Gasteiger charge is -2.32. The summed E-state index contributed by atoms with van der Waals surface area (Å²) in [6.07, 6.45) is 2.61. The Kier molecular flexibility index (Phi) is 5.95. The van der Waals surface area contributed by atoms with Crippen LogP contribution in [0, 0.1) is 5.82 Å². The number of halogens is 1. The minimum atomic E-state index is -0.599. The van der Waals surface area contributed by atoms with Gasteiger partial charge in [0.2, 0.25) is 0 Å². The number of hydrogen-bond acceptors (Lipinski definition) is 3. The number of benzene rings is 1. The van der Waals surface area contributed by atoms with E-state index in [4.69, 9.17) is 4.74 Å². The fourth-order valence-electron chi connectivity index (χ4n) is 2.77. The van der Waals surface area contributed by atoms with Crippen LogP contribution in [0.5, 0.6) is 0 Å². The van der Waals surface area contributed by atoms with Crippen molar-refractivity contribution in [2.75, 3.05) is 26.2 Å². The Labute approximate surface area is 120 Å². The van der Waals surface area contributed by atoms with Gasteiger partial charge in [0.05, 0.1) is 12.2 Å². The van der Waals surface area contributed by atoms with Crippen molar-refractivity contribution >= 4 is 0 Å². The molecule has 1 heterocycles. The molecule has 1 N–H and O–H groups in total. The maximum Gasteiger partial charge on any atom is 0.123 e. The Balaban J connectivity index is 1.79. The largest absolute Gasteiger partial charge is 0.388 e. The van der Waals surface area contributed by atoms with Gasteiger partial charge in [0.15, 0.2) is 0 Å². The predicted molar refractivity (Wildman–Crippen MR) is 77.1 cm³/mol. The maximum absolute atomic E-state index is 13.1. The normalized spacial score (nSPS) is 21.9. The summed E-state index contributed by atoms with van der Waals surface area (Å²) in [6.45, 7) is 5.58. The van der Waals surface area contributed by atoms with Gasteiger partial charge in [-0.3, -0.25) is 0 Å². The van der Waals surface area contributed by atoms with Crippen LogP contribution in [0.25, 0.3) is 0 Å². The first kappa shape index (κ1) is 15.4. The van der Waals surface area contributed by atoms with Crippen molar-refractivity contribution in [1.82, 2.24) is 4.90 Å². The molecule has 0 aromatic heterocycles. The molecule has 2 unspecified atom stereocenters. The van der Waals surface area contributed by atoms with Crippen LogP contribution in [0.4, 0.5) is 4.39 Å². The Morgan fingerprint density at radius 2 is 2.35 bits per heavy atom. The minimum absolute atomic E-state index is 0.295. The average molecular weight is 281 g/mol. The highest BCUT2D eigenvalue weighted by molar-refractivity contribution is 5.18. The number of nitrogens with zero attached hydrogens (tertiary/aromatic N) is 1. The van der Waals surface area contributed by atoms with Gasteiger partial charge in [0, 0.05) is 19.7 Å². The maximum atomic E-state index is 13.1. The lowest BCUT2D eigenvalue weighted by molar-refractivity contribution is 0.00211. The van der Waals surface area contributed by atoms with Crippen LogP contribution in [-0.4, -0.2) is 42.4 Å². The highest BCUT2D eigenvalue weighted by Crippen LogP contribution is 2.20. The summed E-state index contributed by atoms with van der Waals surface area (Å²) in [6, 6.07) is 6.21. The van der Waals surface area contributed by atoms with Crippen LogP contribution in [-0.2, 0) is 4.74 Å². The standard InChI is InChI=1S/C16H24FNO2/c1-2-20-15-7-4-9-18(12-15)10-8-16(19)13-5-3-6-14(17)11-13/h3,5-6,11,15-16,19H,2,4,7-10,12H2,1H3. The van der Waals surface area contributed by atoms with Gasteiger partial charge in [0.1, 0.15) is 5.82 Å². The number of hydrogen-bond donors (Lipinski definition) is 1. The van der Waals surface area contributed by atoms with E-state index < -0.39 is 6.10 Å². The Hall–Kier alpha value is -0.970. The topological polar surface area (TPSA) is 32.7 Å².